The van der Waals surface area contributed by atoms with E-state index < -0.39 is 0 Å². The smallest absolute Gasteiger partial charge is 0.298 e. The van der Waals surface area contributed by atoms with Crippen LogP contribution in [0.5, 0.6) is 0 Å². The summed E-state index contributed by atoms with van der Waals surface area (Å²) in [4.78, 5) is 4.57. The van der Waals surface area contributed by atoms with Gasteiger partial charge in [-0.3, -0.25) is 4.57 Å². The normalized spacial score (nSPS) is 12.2. The molecule has 0 saturated carbocycles. The number of fused-ring (bicyclic) bond motifs is 5. The fourth-order valence-electron chi connectivity index (χ4n) is 4.34. The number of benzene rings is 2. The predicted octanol–water partition coefficient (Wildman–Crippen LogP) is 6.74. The van der Waals surface area contributed by atoms with Crippen LogP contribution < -0.4 is 0 Å². The molecule has 144 valence electrons. The van der Waals surface area contributed by atoms with Crippen LogP contribution in [-0.4, -0.2) is 14.1 Å². The third-order valence-corrected chi connectivity index (χ3v) is 6.65. The molecule has 0 spiro atoms. The van der Waals surface area contributed by atoms with Crippen LogP contribution in [-0.2, 0) is 7.05 Å². The Morgan fingerprint density at radius 2 is 1.90 bits per heavy atom. The summed E-state index contributed by atoms with van der Waals surface area (Å²) in [6, 6.07) is 16.9. The van der Waals surface area contributed by atoms with Crippen molar-refractivity contribution in [3.63, 3.8) is 0 Å². The van der Waals surface area contributed by atoms with Crippen LogP contribution >= 0.6 is 11.3 Å². The molecule has 0 N–H and O–H groups in total. The van der Waals surface area contributed by atoms with Gasteiger partial charge >= 0.3 is 0 Å². The molecule has 0 unspecified atom stereocenters. The maximum atomic E-state index is 6.06. The molecule has 7 aromatic rings. The number of imidazole rings is 1. The number of rotatable bonds is 2. The van der Waals surface area contributed by atoms with Crippen LogP contribution in [0.15, 0.2) is 81.5 Å². The zero-order valence-electron chi connectivity index (χ0n) is 16.0. The number of hydrogen-bond acceptors (Lipinski definition) is 4. The van der Waals surface area contributed by atoms with Crippen molar-refractivity contribution < 1.29 is 8.83 Å². The van der Waals surface area contributed by atoms with Gasteiger partial charge in [-0.1, -0.05) is 18.2 Å². The van der Waals surface area contributed by atoms with Crippen molar-refractivity contribution in [2.24, 2.45) is 7.05 Å². The molecule has 0 radical (unpaired) electrons. The van der Waals surface area contributed by atoms with E-state index in [0.717, 1.165) is 33.6 Å². The summed E-state index contributed by atoms with van der Waals surface area (Å²) in [7, 11) is 1.99. The maximum Gasteiger partial charge on any atom is 0.298 e. The molecule has 0 fully saturated rings. The molecule has 0 aliphatic carbocycles. The summed E-state index contributed by atoms with van der Waals surface area (Å²) in [5, 5.41) is 6.77. The first-order valence-electron chi connectivity index (χ1n) is 9.66. The summed E-state index contributed by atoms with van der Waals surface area (Å²) >= 11 is 1.75. The Hall–Kier alpha value is -3.77. The van der Waals surface area contributed by atoms with E-state index in [1.807, 2.05) is 30.1 Å². The van der Waals surface area contributed by atoms with Gasteiger partial charge in [0.1, 0.15) is 0 Å². The Labute approximate surface area is 174 Å². The van der Waals surface area contributed by atoms with Gasteiger partial charge in [0.25, 0.3) is 5.78 Å². The van der Waals surface area contributed by atoms with Gasteiger partial charge in [-0.05, 0) is 24.3 Å². The van der Waals surface area contributed by atoms with Crippen LogP contribution in [0, 0.1) is 0 Å². The topological polar surface area (TPSA) is 49.0 Å². The second-order valence-electron chi connectivity index (χ2n) is 7.54. The molecular formula is C24H15N3O2S. The van der Waals surface area contributed by atoms with Crippen LogP contribution in [0.2, 0.25) is 0 Å². The minimum atomic E-state index is 0.543. The second kappa shape index (κ2) is 5.64. The highest BCUT2D eigenvalue weighted by Gasteiger charge is 2.18. The Balaban J connectivity index is 1.61. The number of para-hydroxylation sites is 1. The first-order chi connectivity index (χ1) is 14.8. The summed E-state index contributed by atoms with van der Waals surface area (Å²) < 4.78 is 16.9. The lowest BCUT2D eigenvalue weighted by Gasteiger charge is -2.04. The average Bonchev–Trinajstić information content (AvgIpc) is 3.53. The molecule has 0 aliphatic heterocycles. The predicted molar refractivity (Wildman–Crippen MR) is 120 cm³/mol. The number of nitrogens with zero attached hydrogens (tertiary/aromatic N) is 3. The van der Waals surface area contributed by atoms with E-state index in [4.69, 9.17) is 8.83 Å². The number of thiophene rings is 1. The van der Waals surface area contributed by atoms with Gasteiger partial charge in [-0.15, -0.1) is 11.3 Å². The largest absolute Gasteiger partial charge is 0.433 e. The number of aryl methyl sites for hydroxylation is 1. The van der Waals surface area contributed by atoms with Crippen molar-refractivity contribution in [2.75, 3.05) is 0 Å². The minimum absolute atomic E-state index is 0.543. The molecule has 7 rings (SSSR count). The van der Waals surface area contributed by atoms with E-state index in [9.17, 15) is 0 Å². The van der Waals surface area contributed by atoms with Crippen LogP contribution in [0.1, 0.15) is 0 Å². The number of aromatic nitrogens is 3. The zero-order chi connectivity index (χ0) is 19.8. The second-order valence-corrected chi connectivity index (χ2v) is 8.45. The highest BCUT2D eigenvalue weighted by molar-refractivity contribution is 7.17. The third kappa shape index (κ3) is 2.08. The van der Waals surface area contributed by atoms with Gasteiger partial charge in [-0.2, -0.15) is 0 Å². The van der Waals surface area contributed by atoms with Crippen molar-refractivity contribution in [1.82, 2.24) is 14.1 Å². The van der Waals surface area contributed by atoms with E-state index in [-0.39, 0.29) is 0 Å². The molecule has 2 aromatic carbocycles. The lowest BCUT2D eigenvalue weighted by Crippen LogP contribution is -1.91. The minimum Gasteiger partial charge on any atom is -0.433 e. The van der Waals surface area contributed by atoms with E-state index in [1.165, 1.54) is 20.9 Å². The Bertz CT molecular complexity index is 1690. The zero-order valence-corrected chi connectivity index (χ0v) is 16.8. The Kier molecular flexibility index (Phi) is 3.02. The summed E-state index contributed by atoms with van der Waals surface area (Å²) in [6.45, 7) is 0. The van der Waals surface area contributed by atoms with E-state index in [2.05, 4.69) is 57.5 Å². The summed E-state index contributed by atoms with van der Waals surface area (Å²) in [6.07, 6.45) is 5.55. The average molecular weight is 409 g/mol. The van der Waals surface area contributed by atoms with Crippen molar-refractivity contribution >= 4 is 54.4 Å². The highest BCUT2D eigenvalue weighted by atomic mass is 32.1. The van der Waals surface area contributed by atoms with Crippen LogP contribution in [0.4, 0.5) is 0 Å². The summed E-state index contributed by atoms with van der Waals surface area (Å²) in [5.74, 6) is 1.30. The third-order valence-electron chi connectivity index (χ3n) is 5.70. The van der Waals surface area contributed by atoms with Gasteiger partial charge in [0.05, 0.1) is 34.7 Å². The van der Waals surface area contributed by atoms with Gasteiger partial charge in [0, 0.05) is 51.1 Å². The van der Waals surface area contributed by atoms with Crippen molar-refractivity contribution in [2.45, 2.75) is 0 Å². The fraction of sp³-hybridized carbons (Fsp3) is 0.0417. The monoisotopic (exact) mass is 409 g/mol. The van der Waals surface area contributed by atoms with Gasteiger partial charge in [-0.25, -0.2) is 4.98 Å². The number of hydrogen-bond donors (Lipinski definition) is 0. The Morgan fingerprint density at radius 1 is 0.967 bits per heavy atom. The lowest BCUT2D eigenvalue weighted by molar-refractivity contribution is 0.470. The molecule has 0 amide bonds. The first kappa shape index (κ1) is 16.1. The molecule has 30 heavy (non-hydrogen) atoms. The van der Waals surface area contributed by atoms with Crippen molar-refractivity contribution in [1.29, 1.82) is 0 Å². The molecule has 5 aromatic heterocycles. The quantitative estimate of drug-likeness (QED) is 0.318. The molecule has 5 heterocycles. The van der Waals surface area contributed by atoms with Gasteiger partial charge in [0.15, 0.2) is 0 Å². The molecule has 0 saturated heterocycles. The van der Waals surface area contributed by atoms with Crippen LogP contribution in [0.3, 0.4) is 0 Å². The standard InChI is InChI=1S/C24H15N3O2S/c1-26-11-19(25-13-26)18-12-30-22-10-16-15-4-2-3-5-20(15)27(21(16)9-17(18)22)23-8-14-6-7-28-24(14)29-23/h2-13H,1H3. The molecule has 5 nitrogen and oxygen atoms in total. The molecule has 0 bridgehead atoms. The Morgan fingerprint density at radius 3 is 2.77 bits per heavy atom. The van der Waals surface area contributed by atoms with Gasteiger partial charge in [0.2, 0.25) is 5.88 Å². The SMILES string of the molecule is Cn1cnc(-c2csc3cc4c5ccccc5n(-c5cc6ccoc6o5)c4cc23)c1. The lowest BCUT2D eigenvalue weighted by atomic mass is 10.1. The molecule has 0 atom stereocenters. The summed E-state index contributed by atoms with van der Waals surface area (Å²) in [5.41, 5.74) is 4.36. The van der Waals surface area contributed by atoms with Crippen molar-refractivity contribution in [3.8, 4) is 17.1 Å². The van der Waals surface area contributed by atoms with E-state index in [1.54, 1.807) is 17.6 Å². The molecule has 0 aliphatic rings. The van der Waals surface area contributed by atoms with Crippen molar-refractivity contribution in [3.05, 3.63) is 72.7 Å². The highest BCUT2D eigenvalue weighted by Crippen LogP contribution is 2.40. The van der Waals surface area contributed by atoms with E-state index in [0.29, 0.717) is 5.78 Å². The van der Waals surface area contributed by atoms with Crippen LogP contribution in [0.25, 0.3) is 60.2 Å². The molecule has 6 heteroatoms. The first-order valence-corrected chi connectivity index (χ1v) is 10.5. The maximum absolute atomic E-state index is 6.06. The fourth-order valence-corrected chi connectivity index (χ4v) is 5.31. The van der Waals surface area contributed by atoms with Gasteiger partial charge < -0.3 is 13.4 Å². The molecular weight excluding hydrogens is 394 g/mol. The number of furan rings is 2. The van der Waals surface area contributed by atoms with E-state index >= 15 is 0 Å².